The molecular formula is C23H27FN8O2. The Hall–Kier alpha value is -3.76. The van der Waals surface area contributed by atoms with E-state index in [4.69, 9.17) is 4.74 Å². The van der Waals surface area contributed by atoms with Gasteiger partial charge in [-0.3, -0.25) is 4.79 Å². The average molecular weight is 467 g/mol. The molecule has 0 aliphatic heterocycles. The zero-order valence-electron chi connectivity index (χ0n) is 19.2. The fraction of sp³-hybridized carbons (Fsp3) is 0.435. The monoisotopic (exact) mass is 466 g/mol. The van der Waals surface area contributed by atoms with Crippen LogP contribution in [0.5, 0.6) is 5.88 Å². The van der Waals surface area contributed by atoms with E-state index >= 15 is 0 Å². The van der Waals surface area contributed by atoms with Crippen LogP contribution in [0.3, 0.4) is 0 Å². The van der Waals surface area contributed by atoms with Gasteiger partial charge in [0.15, 0.2) is 0 Å². The summed E-state index contributed by atoms with van der Waals surface area (Å²) in [6.07, 6.45) is 5.55. The number of rotatable bonds is 7. The Morgan fingerprint density at radius 2 is 2.00 bits per heavy atom. The fourth-order valence-electron chi connectivity index (χ4n) is 4.66. The summed E-state index contributed by atoms with van der Waals surface area (Å²) in [6.45, 7) is 1.20. The van der Waals surface area contributed by atoms with E-state index in [-0.39, 0.29) is 24.5 Å². The van der Waals surface area contributed by atoms with Crippen molar-refractivity contribution in [3.05, 3.63) is 30.5 Å². The number of ether oxygens (including phenoxy) is 1. The molecule has 11 heteroatoms. The Balaban J connectivity index is 1.42. The Labute approximate surface area is 195 Å². The number of methoxy groups -OCH3 is 1. The highest BCUT2D eigenvalue weighted by Gasteiger charge is 2.23. The van der Waals surface area contributed by atoms with Crippen molar-refractivity contribution in [1.29, 1.82) is 0 Å². The van der Waals surface area contributed by atoms with Gasteiger partial charge in [0.2, 0.25) is 17.7 Å². The van der Waals surface area contributed by atoms with E-state index in [9.17, 15) is 9.18 Å². The number of anilines is 1. The van der Waals surface area contributed by atoms with E-state index in [2.05, 4.69) is 31.0 Å². The molecule has 1 aromatic carbocycles. The summed E-state index contributed by atoms with van der Waals surface area (Å²) in [5.41, 5.74) is 4.03. The van der Waals surface area contributed by atoms with E-state index in [1.807, 2.05) is 30.5 Å². The number of hydrogen-bond acceptors (Lipinski definition) is 7. The van der Waals surface area contributed by atoms with Gasteiger partial charge in [-0.1, -0.05) is 11.3 Å². The van der Waals surface area contributed by atoms with Crippen LogP contribution in [0.1, 0.15) is 32.6 Å². The number of amides is 1. The minimum absolute atomic E-state index is 0.0145. The number of hydrogen-bond donors (Lipinski definition) is 2. The number of carbonyl (C=O) groups excluding carboxylic acids is 1. The van der Waals surface area contributed by atoms with Crippen LogP contribution in [-0.4, -0.2) is 61.4 Å². The predicted molar refractivity (Wildman–Crippen MR) is 126 cm³/mol. The minimum atomic E-state index is -0.510. The van der Waals surface area contributed by atoms with Crippen molar-refractivity contribution in [3.63, 3.8) is 0 Å². The van der Waals surface area contributed by atoms with Gasteiger partial charge in [-0.25, -0.2) is 13.6 Å². The van der Waals surface area contributed by atoms with Crippen LogP contribution in [0.25, 0.3) is 27.7 Å². The highest BCUT2D eigenvalue weighted by Crippen LogP contribution is 2.33. The number of benzene rings is 1. The zero-order chi connectivity index (χ0) is 23.7. The van der Waals surface area contributed by atoms with Crippen molar-refractivity contribution in [1.82, 2.24) is 34.9 Å². The molecule has 1 saturated carbocycles. The molecule has 1 fully saturated rings. The van der Waals surface area contributed by atoms with Crippen molar-refractivity contribution >= 4 is 28.4 Å². The number of nitrogens with one attached hydrogen (secondary N) is 2. The number of aryl methyl sites for hydroxylation is 1. The van der Waals surface area contributed by atoms with Crippen LogP contribution in [0.15, 0.2) is 30.5 Å². The molecule has 178 valence electrons. The summed E-state index contributed by atoms with van der Waals surface area (Å²) >= 11 is 0. The molecule has 34 heavy (non-hydrogen) atoms. The molecule has 0 spiro atoms. The van der Waals surface area contributed by atoms with Gasteiger partial charge in [-0.2, -0.15) is 4.98 Å². The third-order valence-electron chi connectivity index (χ3n) is 6.26. The van der Waals surface area contributed by atoms with E-state index in [1.54, 1.807) is 23.2 Å². The summed E-state index contributed by atoms with van der Waals surface area (Å²) in [7, 11) is 1.59. The molecule has 0 atom stereocenters. The van der Waals surface area contributed by atoms with Gasteiger partial charge in [0.25, 0.3) is 0 Å². The summed E-state index contributed by atoms with van der Waals surface area (Å²) in [5.74, 6) is 0.968. The molecule has 1 aliphatic rings. The summed E-state index contributed by atoms with van der Waals surface area (Å²) in [5, 5.41) is 19.2. The van der Waals surface area contributed by atoms with Crippen molar-refractivity contribution in [2.75, 3.05) is 19.1 Å². The third kappa shape index (κ3) is 4.25. The molecule has 0 bridgehead atoms. The number of halogens is 1. The molecule has 0 radical (unpaired) electrons. The van der Waals surface area contributed by atoms with Gasteiger partial charge in [-0.05, 0) is 49.4 Å². The topological polar surface area (TPSA) is 111 Å². The quantitative estimate of drug-likeness (QED) is 0.431. The minimum Gasteiger partial charge on any atom is -0.479 e. The van der Waals surface area contributed by atoms with Gasteiger partial charge < -0.3 is 15.4 Å². The molecule has 3 aromatic heterocycles. The molecule has 1 amide bonds. The fourth-order valence-corrected chi connectivity index (χ4v) is 4.66. The standard InChI is InChI=1S/C23H27FN8O2/c1-14(33)25-16-4-6-17(7-5-16)26-23-27-22(34-2)21-18(9-11-32(21)29-23)15-3-8-19-20(13-15)31(12-10-24)30-28-19/h3,8-9,11,13,16-17H,4-7,10,12H2,1-2H3,(H,25,33)(H,26,29)/t16-,17+. The lowest BCUT2D eigenvalue weighted by molar-refractivity contribution is -0.119. The first-order chi connectivity index (χ1) is 16.6. The van der Waals surface area contributed by atoms with Crippen LogP contribution >= 0.6 is 0 Å². The SMILES string of the molecule is COc1nc(N[C@H]2CC[C@@H](NC(C)=O)CC2)nn2ccc(-c3ccc4nnn(CCF)c4c3)c12. The van der Waals surface area contributed by atoms with Crippen LogP contribution < -0.4 is 15.4 Å². The van der Waals surface area contributed by atoms with Crippen molar-refractivity contribution in [2.45, 2.75) is 51.2 Å². The molecule has 4 aromatic rings. The highest BCUT2D eigenvalue weighted by molar-refractivity contribution is 5.89. The lowest BCUT2D eigenvalue weighted by Gasteiger charge is -2.29. The second-order valence-corrected chi connectivity index (χ2v) is 8.57. The molecule has 10 nitrogen and oxygen atoms in total. The Kier molecular flexibility index (Phi) is 5.99. The number of carbonyl (C=O) groups is 1. The van der Waals surface area contributed by atoms with Crippen LogP contribution in [0, 0.1) is 0 Å². The van der Waals surface area contributed by atoms with E-state index in [1.165, 1.54) is 0 Å². The lowest BCUT2D eigenvalue weighted by atomic mass is 9.91. The maximum Gasteiger partial charge on any atom is 0.244 e. The van der Waals surface area contributed by atoms with Crippen LogP contribution in [-0.2, 0) is 11.3 Å². The predicted octanol–water partition coefficient (Wildman–Crippen LogP) is 2.98. The van der Waals surface area contributed by atoms with Gasteiger partial charge in [0.1, 0.15) is 17.7 Å². The highest BCUT2D eigenvalue weighted by atomic mass is 19.1. The first-order valence-corrected chi connectivity index (χ1v) is 11.4. The maximum atomic E-state index is 12.9. The normalized spacial score (nSPS) is 18.3. The second kappa shape index (κ2) is 9.24. The van der Waals surface area contributed by atoms with E-state index < -0.39 is 6.67 Å². The Bertz CT molecular complexity index is 1330. The molecular weight excluding hydrogens is 439 g/mol. The third-order valence-corrected chi connectivity index (χ3v) is 6.26. The molecule has 0 unspecified atom stereocenters. The Morgan fingerprint density at radius 3 is 2.74 bits per heavy atom. The average Bonchev–Trinajstić information content (AvgIpc) is 3.44. The van der Waals surface area contributed by atoms with Crippen LogP contribution in [0.4, 0.5) is 10.3 Å². The second-order valence-electron chi connectivity index (χ2n) is 8.57. The first-order valence-electron chi connectivity index (χ1n) is 11.4. The van der Waals surface area contributed by atoms with Crippen molar-refractivity contribution in [2.24, 2.45) is 0 Å². The van der Waals surface area contributed by atoms with Crippen molar-refractivity contribution < 1.29 is 13.9 Å². The largest absolute Gasteiger partial charge is 0.479 e. The summed E-state index contributed by atoms with van der Waals surface area (Å²) in [6, 6.07) is 8.18. The molecule has 2 N–H and O–H groups in total. The van der Waals surface area contributed by atoms with E-state index in [0.29, 0.717) is 17.3 Å². The Morgan fingerprint density at radius 1 is 1.21 bits per heavy atom. The van der Waals surface area contributed by atoms with Gasteiger partial charge in [0.05, 0.1) is 19.2 Å². The lowest BCUT2D eigenvalue weighted by Crippen LogP contribution is -2.39. The van der Waals surface area contributed by atoms with Gasteiger partial charge in [-0.15, -0.1) is 10.2 Å². The summed E-state index contributed by atoms with van der Waals surface area (Å²) < 4.78 is 21.8. The van der Waals surface area contributed by atoms with Gasteiger partial charge >= 0.3 is 0 Å². The van der Waals surface area contributed by atoms with Gasteiger partial charge in [0, 0.05) is 30.8 Å². The number of alkyl halides is 1. The van der Waals surface area contributed by atoms with Crippen LogP contribution in [0.2, 0.25) is 0 Å². The number of nitrogens with zero attached hydrogens (tertiary/aromatic N) is 6. The molecule has 0 saturated heterocycles. The molecule has 3 heterocycles. The van der Waals surface area contributed by atoms with Crippen molar-refractivity contribution in [3.8, 4) is 17.0 Å². The molecule has 5 rings (SSSR count). The molecule has 1 aliphatic carbocycles. The zero-order valence-corrected chi connectivity index (χ0v) is 19.2. The summed E-state index contributed by atoms with van der Waals surface area (Å²) in [4.78, 5) is 15.9. The van der Waals surface area contributed by atoms with E-state index in [0.717, 1.165) is 47.8 Å². The number of fused-ring (bicyclic) bond motifs is 2. The maximum absolute atomic E-state index is 12.9. The first kappa shape index (κ1) is 22.1. The smallest absolute Gasteiger partial charge is 0.244 e. The number of aromatic nitrogens is 6.